The van der Waals surface area contributed by atoms with E-state index in [1.807, 2.05) is 12.5 Å². The lowest BCUT2D eigenvalue weighted by Gasteiger charge is -2.21. The Morgan fingerprint density at radius 2 is 2.11 bits per heavy atom. The molecule has 4 heteroatoms. The van der Waals surface area contributed by atoms with Crippen molar-refractivity contribution in [1.29, 1.82) is 0 Å². The van der Waals surface area contributed by atoms with Crippen LogP contribution in [0.25, 0.3) is 0 Å². The average Bonchev–Trinajstić information content (AvgIpc) is 2.92. The van der Waals surface area contributed by atoms with E-state index in [0.717, 1.165) is 12.5 Å². The molecule has 106 valence electrons. The normalized spacial score (nSPS) is 26.2. The molecule has 0 spiro atoms. The Kier molecular flexibility index (Phi) is 3.63. The molecule has 1 saturated carbocycles. The average molecular weight is 262 g/mol. The van der Waals surface area contributed by atoms with Gasteiger partial charge in [0.25, 0.3) is 0 Å². The van der Waals surface area contributed by atoms with Gasteiger partial charge in [0, 0.05) is 37.4 Å². The highest BCUT2D eigenvalue weighted by molar-refractivity contribution is 5.08. The third-order valence-electron chi connectivity index (χ3n) is 4.45. The van der Waals surface area contributed by atoms with Gasteiger partial charge in [0.05, 0.1) is 12.0 Å². The van der Waals surface area contributed by atoms with Crippen LogP contribution in [0.4, 0.5) is 0 Å². The minimum absolute atomic E-state index is 0.123. The molecule has 4 nitrogen and oxygen atoms in total. The van der Waals surface area contributed by atoms with Crippen molar-refractivity contribution in [2.75, 3.05) is 13.1 Å². The smallest absolute Gasteiger partial charge is 0.0951 e. The molecule has 2 heterocycles. The SMILES string of the molecule is CC(C)CC(N)c1cncn1C1CCN(C2CC2)C1. The molecule has 2 N–H and O–H groups in total. The number of aromatic nitrogens is 2. The third-order valence-corrected chi connectivity index (χ3v) is 4.45. The topological polar surface area (TPSA) is 47.1 Å². The van der Waals surface area contributed by atoms with E-state index in [0.29, 0.717) is 12.0 Å². The first-order chi connectivity index (χ1) is 9.15. The number of rotatable bonds is 5. The molecule has 1 aliphatic heterocycles. The van der Waals surface area contributed by atoms with Gasteiger partial charge in [-0.25, -0.2) is 4.98 Å². The largest absolute Gasteiger partial charge is 0.329 e. The van der Waals surface area contributed by atoms with Crippen molar-refractivity contribution in [2.45, 2.75) is 57.7 Å². The fourth-order valence-corrected chi connectivity index (χ4v) is 3.30. The van der Waals surface area contributed by atoms with Gasteiger partial charge < -0.3 is 10.3 Å². The summed E-state index contributed by atoms with van der Waals surface area (Å²) in [7, 11) is 0. The maximum atomic E-state index is 6.34. The van der Waals surface area contributed by atoms with Crippen LogP contribution < -0.4 is 5.73 Å². The van der Waals surface area contributed by atoms with Crippen LogP contribution in [0.5, 0.6) is 0 Å². The van der Waals surface area contributed by atoms with Gasteiger partial charge in [-0.1, -0.05) is 13.8 Å². The molecular formula is C15H26N4. The molecule has 1 aromatic rings. The molecule has 2 aliphatic rings. The summed E-state index contributed by atoms with van der Waals surface area (Å²) in [6.07, 6.45) is 9.02. The molecule has 2 unspecified atom stereocenters. The van der Waals surface area contributed by atoms with Crippen molar-refractivity contribution in [3.63, 3.8) is 0 Å². The van der Waals surface area contributed by atoms with Crippen molar-refractivity contribution < 1.29 is 0 Å². The number of nitrogens with zero attached hydrogens (tertiary/aromatic N) is 3. The van der Waals surface area contributed by atoms with E-state index in [9.17, 15) is 0 Å². The minimum Gasteiger partial charge on any atom is -0.329 e. The highest BCUT2D eigenvalue weighted by atomic mass is 15.3. The summed E-state index contributed by atoms with van der Waals surface area (Å²) in [5.74, 6) is 0.630. The van der Waals surface area contributed by atoms with Crippen LogP contribution in [-0.2, 0) is 0 Å². The van der Waals surface area contributed by atoms with Crippen LogP contribution in [0.2, 0.25) is 0 Å². The zero-order valence-electron chi connectivity index (χ0n) is 12.1. The van der Waals surface area contributed by atoms with Gasteiger partial charge in [0.1, 0.15) is 0 Å². The number of hydrogen-bond acceptors (Lipinski definition) is 3. The van der Waals surface area contributed by atoms with Crippen molar-refractivity contribution in [3.05, 3.63) is 18.2 Å². The molecule has 0 bridgehead atoms. The summed E-state index contributed by atoms with van der Waals surface area (Å²) in [5, 5.41) is 0. The second-order valence-electron chi connectivity index (χ2n) is 6.63. The Morgan fingerprint density at radius 3 is 2.79 bits per heavy atom. The highest BCUT2D eigenvalue weighted by Crippen LogP contribution is 2.34. The van der Waals surface area contributed by atoms with Gasteiger partial charge in [0.15, 0.2) is 0 Å². The van der Waals surface area contributed by atoms with Gasteiger partial charge in [-0.15, -0.1) is 0 Å². The lowest BCUT2D eigenvalue weighted by Crippen LogP contribution is -2.25. The van der Waals surface area contributed by atoms with E-state index in [-0.39, 0.29) is 6.04 Å². The lowest BCUT2D eigenvalue weighted by molar-refractivity contribution is 0.311. The molecule has 3 rings (SSSR count). The molecule has 1 saturated heterocycles. The van der Waals surface area contributed by atoms with Crippen LogP contribution in [0.1, 0.15) is 57.3 Å². The first-order valence-corrected chi connectivity index (χ1v) is 7.66. The highest BCUT2D eigenvalue weighted by Gasteiger charge is 2.35. The fourth-order valence-electron chi connectivity index (χ4n) is 3.30. The molecule has 2 atom stereocenters. The predicted molar refractivity (Wildman–Crippen MR) is 76.9 cm³/mol. The quantitative estimate of drug-likeness (QED) is 0.886. The molecule has 1 aromatic heterocycles. The van der Waals surface area contributed by atoms with Crippen molar-refractivity contribution in [1.82, 2.24) is 14.5 Å². The van der Waals surface area contributed by atoms with Crippen LogP contribution in [0, 0.1) is 5.92 Å². The first kappa shape index (κ1) is 13.1. The maximum Gasteiger partial charge on any atom is 0.0951 e. The zero-order valence-corrected chi connectivity index (χ0v) is 12.1. The standard InChI is InChI=1S/C15H26N4/c1-11(2)7-14(16)15-8-17-10-19(15)13-5-6-18(9-13)12-3-4-12/h8,10-14H,3-7,9,16H2,1-2H3. The monoisotopic (exact) mass is 262 g/mol. The Balaban J connectivity index is 1.69. The van der Waals surface area contributed by atoms with Crippen LogP contribution in [0.15, 0.2) is 12.5 Å². The number of hydrogen-bond donors (Lipinski definition) is 1. The van der Waals surface area contributed by atoms with E-state index >= 15 is 0 Å². The van der Waals surface area contributed by atoms with Gasteiger partial charge >= 0.3 is 0 Å². The minimum atomic E-state index is 0.123. The molecule has 2 fully saturated rings. The van der Waals surface area contributed by atoms with Crippen LogP contribution >= 0.6 is 0 Å². The fraction of sp³-hybridized carbons (Fsp3) is 0.800. The molecule has 0 amide bonds. The molecule has 1 aliphatic carbocycles. The summed E-state index contributed by atoms with van der Waals surface area (Å²) in [6, 6.07) is 1.58. The third kappa shape index (κ3) is 2.84. The van der Waals surface area contributed by atoms with E-state index in [1.54, 1.807) is 0 Å². The van der Waals surface area contributed by atoms with Crippen molar-refractivity contribution in [2.24, 2.45) is 11.7 Å². The summed E-state index contributed by atoms with van der Waals surface area (Å²) >= 11 is 0. The summed E-state index contributed by atoms with van der Waals surface area (Å²) < 4.78 is 2.34. The van der Waals surface area contributed by atoms with Gasteiger partial charge in [0.2, 0.25) is 0 Å². The van der Waals surface area contributed by atoms with Crippen LogP contribution in [-0.4, -0.2) is 33.6 Å². The number of likely N-dealkylation sites (tertiary alicyclic amines) is 1. The van der Waals surface area contributed by atoms with Gasteiger partial charge in [-0.05, 0) is 31.6 Å². The molecular weight excluding hydrogens is 236 g/mol. The van der Waals surface area contributed by atoms with Gasteiger partial charge in [-0.2, -0.15) is 0 Å². The first-order valence-electron chi connectivity index (χ1n) is 7.66. The Bertz CT molecular complexity index is 422. The summed E-state index contributed by atoms with van der Waals surface area (Å²) in [6.45, 7) is 6.88. The van der Waals surface area contributed by atoms with Crippen molar-refractivity contribution >= 4 is 0 Å². The summed E-state index contributed by atoms with van der Waals surface area (Å²) in [4.78, 5) is 6.99. The lowest BCUT2D eigenvalue weighted by atomic mass is 10.0. The Hall–Kier alpha value is -0.870. The Morgan fingerprint density at radius 1 is 1.32 bits per heavy atom. The zero-order chi connectivity index (χ0) is 13.4. The number of nitrogens with two attached hydrogens (primary N) is 1. The van der Waals surface area contributed by atoms with Gasteiger partial charge in [-0.3, -0.25) is 4.90 Å². The van der Waals surface area contributed by atoms with Crippen LogP contribution in [0.3, 0.4) is 0 Å². The number of imidazole rings is 1. The van der Waals surface area contributed by atoms with E-state index in [4.69, 9.17) is 5.73 Å². The van der Waals surface area contributed by atoms with Crippen molar-refractivity contribution in [3.8, 4) is 0 Å². The second-order valence-corrected chi connectivity index (χ2v) is 6.63. The maximum absolute atomic E-state index is 6.34. The van der Waals surface area contributed by atoms with E-state index in [1.165, 1.54) is 38.0 Å². The second kappa shape index (κ2) is 5.25. The molecule has 0 radical (unpaired) electrons. The van der Waals surface area contributed by atoms with E-state index < -0.39 is 0 Å². The molecule has 19 heavy (non-hydrogen) atoms. The predicted octanol–water partition coefficient (Wildman–Crippen LogP) is 2.34. The Labute approximate surface area is 116 Å². The van der Waals surface area contributed by atoms with E-state index in [2.05, 4.69) is 28.3 Å². The summed E-state index contributed by atoms with van der Waals surface area (Å²) in [5.41, 5.74) is 7.56. The molecule has 0 aromatic carbocycles.